The van der Waals surface area contributed by atoms with Gasteiger partial charge in [-0.1, -0.05) is 29.4 Å². The molecule has 1 aliphatic heterocycles. The van der Waals surface area contributed by atoms with Gasteiger partial charge in [0.15, 0.2) is 6.10 Å². The molecule has 1 aromatic heterocycles. The molecule has 2 heterocycles. The number of aryl methyl sites for hydroxylation is 2. The van der Waals surface area contributed by atoms with Crippen LogP contribution in [0, 0.1) is 13.8 Å². The SMILES string of the molecule is Cc1noc(C)c1COc1cc2ccccc2cc1C(=O)O[C@@H](C)C(=O)N1CCCC1. The molecule has 7 nitrogen and oxygen atoms in total. The molecule has 4 rings (SSSR count). The number of aromatic nitrogens is 1. The molecule has 1 saturated heterocycles. The molecule has 7 heteroatoms. The number of likely N-dealkylation sites (tertiary alicyclic amines) is 1. The number of fused-ring (bicyclic) bond motifs is 1. The van der Waals surface area contributed by atoms with E-state index in [0.717, 1.165) is 34.9 Å². The summed E-state index contributed by atoms with van der Waals surface area (Å²) in [4.78, 5) is 27.3. The van der Waals surface area contributed by atoms with Gasteiger partial charge in [0.25, 0.3) is 5.91 Å². The van der Waals surface area contributed by atoms with Gasteiger partial charge in [-0.2, -0.15) is 0 Å². The lowest BCUT2D eigenvalue weighted by Crippen LogP contribution is -2.38. The minimum Gasteiger partial charge on any atom is -0.488 e. The molecule has 31 heavy (non-hydrogen) atoms. The smallest absolute Gasteiger partial charge is 0.342 e. The fourth-order valence-corrected chi connectivity index (χ4v) is 3.83. The zero-order chi connectivity index (χ0) is 22.0. The van der Waals surface area contributed by atoms with Gasteiger partial charge in [0, 0.05) is 13.1 Å². The Hall–Kier alpha value is -3.35. The largest absolute Gasteiger partial charge is 0.488 e. The first kappa shape index (κ1) is 20.9. The summed E-state index contributed by atoms with van der Waals surface area (Å²) in [6.07, 6.45) is 1.11. The lowest BCUT2D eigenvalue weighted by Gasteiger charge is -2.21. The highest BCUT2D eigenvalue weighted by Crippen LogP contribution is 2.29. The minimum absolute atomic E-state index is 0.162. The number of rotatable bonds is 6. The van der Waals surface area contributed by atoms with E-state index in [0.29, 0.717) is 24.6 Å². The predicted molar refractivity (Wildman–Crippen MR) is 115 cm³/mol. The van der Waals surface area contributed by atoms with Gasteiger partial charge >= 0.3 is 5.97 Å². The Labute approximate surface area is 180 Å². The maximum Gasteiger partial charge on any atom is 0.342 e. The summed E-state index contributed by atoms with van der Waals surface area (Å²) < 4.78 is 16.8. The third-order valence-electron chi connectivity index (χ3n) is 5.67. The van der Waals surface area contributed by atoms with Crippen molar-refractivity contribution >= 4 is 22.6 Å². The molecule has 1 fully saturated rings. The molecule has 0 radical (unpaired) electrons. The lowest BCUT2D eigenvalue weighted by molar-refractivity contribution is -0.138. The molecular formula is C24H26N2O5. The van der Waals surface area contributed by atoms with Crippen molar-refractivity contribution in [2.75, 3.05) is 13.1 Å². The standard InChI is InChI=1S/C24H26N2O5/c1-15-21(16(2)31-25-15)14-29-22-13-19-9-5-4-8-18(19)12-20(22)24(28)30-17(3)23(27)26-10-6-7-11-26/h4-5,8-9,12-13,17H,6-7,10-11,14H2,1-3H3/t17-/m0/s1. The van der Waals surface area contributed by atoms with Gasteiger partial charge in [0.1, 0.15) is 23.7 Å². The van der Waals surface area contributed by atoms with Crippen molar-refractivity contribution in [3.63, 3.8) is 0 Å². The third-order valence-corrected chi connectivity index (χ3v) is 5.67. The summed E-state index contributed by atoms with van der Waals surface area (Å²) in [5, 5.41) is 5.77. The highest BCUT2D eigenvalue weighted by atomic mass is 16.6. The molecule has 1 atom stereocenters. The van der Waals surface area contributed by atoms with Crippen LogP contribution < -0.4 is 4.74 Å². The van der Waals surface area contributed by atoms with Crippen molar-refractivity contribution in [3.05, 3.63) is 59.0 Å². The van der Waals surface area contributed by atoms with E-state index in [1.165, 1.54) is 0 Å². The fraction of sp³-hybridized carbons (Fsp3) is 0.375. The van der Waals surface area contributed by atoms with Gasteiger partial charge in [-0.3, -0.25) is 4.79 Å². The van der Waals surface area contributed by atoms with Crippen LogP contribution in [0.1, 0.15) is 47.1 Å². The van der Waals surface area contributed by atoms with Crippen LogP contribution in [0.25, 0.3) is 10.8 Å². The van der Waals surface area contributed by atoms with Crippen LogP contribution >= 0.6 is 0 Å². The zero-order valence-electron chi connectivity index (χ0n) is 18.0. The number of ether oxygens (including phenoxy) is 2. The van der Waals surface area contributed by atoms with Crippen LogP contribution in [-0.4, -0.2) is 41.1 Å². The van der Waals surface area contributed by atoms with E-state index in [-0.39, 0.29) is 18.1 Å². The zero-order valence-corrected chi connectivity index (χ0v) is 18.0. The molecule has 3 aromatic rings. The number of amides is 1. The summed E-state index contributed by atoms with van der Waals surface area (Å²) in [5.74, 6) is 0.321. The lowest BCUT2D eigenvalue weighted by atomic mass is 10.1. The fourth-order valence-electron chi connectivity index (χ4n) is 3.83. The molecule has 0 spiro atoms. The topological polar surface area (TPSA) is 81.9 Å². The Kier molecular flexibility index (Phi) is 5.93. The van der Waals surface area contributed by atoms with Crippen LogP contribution in [0.2, 0.25) is 0 Å². The second-order valence-corrected chi connectivity index (χ2v) is 7.87. The minimum atomic E-state index is -0.854. The molecule has 1 aliphatic rings. The van der Waals surface area contributed by atoms with Crippen molar-refractivity contribution in [1.29, 1.82) is 0 Å². The molecular weight excluding hydrogens is 396 g/mol. The van der Waals surface area contributed by atoms with Gasteiger partial charge in [-0.05, 0) is 56.5 Å². The second kappa shape index (κ2) is 8.79. The predicted octanol–water partition coefficient (Wildman–Crippen LogP) is 4.19. The van der Waals surface area contributed by atoms with Gasteiger partial charge in [0.2, 0.25) is 0 Å². The first-order valence-corrected chi connectivity index (χ1v) is 10.5. The third kappa shape index (κ3) is 4.40. The van der Waals surface area contributed by atoms with Gasteiger partial charge in [-0.25, -0.2) is 4.79 Å². The maximum absolute atomic E-state index is 13.0. The van der Waals surface area contributed by atoms with E-state index < -0.39 is 12.1 Å². The normalized spacial score (nSPS) is 14.6. The Morgan fingerprint density at radius 2 is 1.81 bits per heavy atom. The Balaban J connectivity index is 1.59. The molecule has 162 valence electrons. The number of hydrogen-bond acceptors (Lipinski definition) is 6. The average molecular weight is 422 g/mol. The number of carbonyl (C=O) groups is 2. The molecule has 0 unspecified atom stereocenters. The van der Waals surface area contributed by atoms with Crippen molar-refractivity contribution in [3.8, 4) is 5.75 Å². The molecule has 0 saturated carbocycles. The quantitative estimate of drug-likeness (QED) is 0.554. The monoisotopic (exact) mass is 422 g/mol. The average Bonchev–Trinajstić information content (AvgIpc) is 3.41. The van der Waals surface area contributed by atoms with Gasteiger partial charge in [-0.15, -0.1) is 0 Å². The summed E-state index contributed by atoms with van der Waals surface area (Å²) in [6.45, 7) is 6.91. The number of hydrogen-bond donors (Lipinski definition) is 0. The van der Waals surface area contributed by atoms with Crippen LogP contribution in [0.3, 0.4) is 0 Å². The van der Waals surface area contributed by atoms with Crippen LogP contribution in [0.4, 0.5) is 0 Å². The van der Waals surface area contributed by atoms with Gasteiger partial charge < -0.3 is 18.9 Å². The maximum atomic E-state index is 13.0. The van der Waals surface area contributed by atoms with Crippen LogP contribution in [-0.2, 0) is 16.1 Å². The van der Waals surface area contributed by atoms with Crippen LogP contribution in [0.5, 0.6) is 5.75 Å². The Morgan fingerprint density at radius 3 is 2.45 bits per heavy atom. The van der Waals surface area contributed by atoms with E-state index in [1.54, 1.807) is 17.9 Å². The van der Waals surface area contributed by atoms with E-state index in [9.17, 15) is 9.59 Å². The first-order valence-electron chi connectivity index (χ1n) is 10.5. The van der Waals surface area contributed by atoms with Crippen molar-refractivity contribution in [1.82, 2.24) is 10.1 Å². The Morgan fingerprint density at radius 1 is 1.13 bits per heavy atom. The summed E-state index contributed by atoms with van der Waals surface area (Å²) >= 11 is 0. The van der Waals surface area contributed by atoms with E-state index in [1.807, 2.05) is 44.2 Å². The summed E-state index contributed by atoms with van der Waals surface area (Å²) in [7, 11) is 0. The van der Waals surface area contributed by atoms with Crippen molar-refractivity contribution < 1.29 is 23.6 Å². The first-order chi connectivity index (χ1) is 14.9. The molecule has 2 aromatic carbocycles. The number of benzene rings is 2. The van der Waals surface area contributed by atoms with E-state index in [2.05, 4.69) is 5.16 Å². The van der Waals surface area contributed by atoms with E-state index in [4.69, 9.17) is 14.0 Å². The Bertz CT molecular complexity index is 1090. The van der Waals surface area contributed by atoms with Crippen LogP contribution in [0.15, 0.2) is 40.9 Å². The number of nitrogens with zero attached hydrogens (tertiary/aromatic N) is 2. The highest BCUT2D eigenvalue weighted by Gasteiger charge is 2.27. The summed E-state index contributed by atoms with van der Waals surface area (Å²) in [5.41, 5.74) is 1.86. The van der Waals surface area contributed by atoms with Gasteiger partial charge in [0.05, 0.1) is 11.3 Å². The van der Waals surface area contributed by atoms with Crippen molar-refractivity contribution in [2.45, 2.75) is 46.3 Å². The summed E-state index contributed by atoms with van der Waals surface area (Å²) in [6, 6.07) is 11.3. The molecule has 1 amide bonds. The second-order valence-electron chi connectivity index (χ2n) is 7.87. The molecule has 0 N–H and O–H groups in total. The van der Waals surface area contributed by atoms with E-state index >= 15 is 0 Å². The van der Waals surface area contributed by atoms with Crippen molar-refractivity contribution in [2.24, 2.45) is 0 Å². The number of carbonyl (C=O) groups excluding carboxylic acids is 2. The number of esters is 1. The molecule has 0 bridgehead atoms. The highest BCUT2D eigenvalue weighted by molar-refractivity contribution is 5.99. The molecule has 0 aliphatic carbocycles.